The third-order valence-electron chi connectivity index (χ3n) is 5.16. The quantitative estimate of drug-likeness (QED) is 0.662. The fourth-order valence-corrected chi connectivity index (χ4v) is 3.75. The Bertz CT molecular complexity index is 690. The molecule has 3 amide bonds. The van der Waals surface area contributed by atoms with Gasteiger partial charge < -0.3 is 5.32 Å². The minimum absolute atomic E-state index is 0.203. The predicted octanol–water partition coefficient (Wildman–Crippen LogP) is 2.70. The molecule has 1 fully saturated rings. The van der Waals surface area contributed by atoms with Crippen molar-refractivity contribution in [3.8, 4) is 0 Å². The Kier molecular flexibility index (Phi) is 5.02. The van der Waals surface area contributed by atoms with Crippen LogP contribution in [-0.2, 0) is 27.2 Å². The highest BCUT2D eigenvalue weighted by molar-refractivity contribution is 6.09. The first-order valence-electron chi connectivity index (χ1n) is 8.97. The van der Waals surface area contributed by atoms with Gasteiger partial charge in [0.05, 0.1) is 11.8 Å². The molecule has 1 aliphatic carbocycles. The Morgan fingerprint density at radius 1 is 1.04 bits per heavy atom. The SMILES string of the molecule is CCc1cccc(CC)c1NC(=O)CN1C(=O)C2CC=CCC2C1=O. The summed E-state index contributed by atoms with van der Waals surface area (Å²) in [4.78, 5) is 38.6. The van der Waals surface area contributed by atoms with Crippen molar-refractivity contribution >= 4 is 23.4 Å². The molecular formula is C20H24N2O3. The molecule has 5 heteroatoms. The molecule has 2 atom stereocenters. The molecule has 0 aromatic heterocycles. The van der Waals surface area contributed by atoms with E-state index >= 15 is 0 Å². The molecule has 1 saturated heterocycles. The highest BCUT2D eigenvalue weighted by Gasteiger charge is 2.47. The number of aryl methyl sites for hydroxylation is 2. The van der Waals surface area contributed by atoms with Gasteiger partial charge >= 0.3 is 0 Å². The summed E-state index contributed by atoms with van der Waals surface area (Å²) in [6.07, 6.45) is 6.68. The van der Waals surface area contributed by atoms with E-state index in [1.807, 2.05) is 44.2 Å². The average Bonchev–Trinajstić information content (AvgIpc) is 2.87. The largest absolute Gasteiger partial charge is 0.324 e. The second-order valence-electron chi connectivity index (χ2n) is 6.62. The van der Waals surface area contributed by atoms with Gasteiger partial charge in [-0.05, 0) is 36.8 Å². The lowest BCUT2D eigenvalue weighted by Crippen LogP contribution is -2.38. The van der Waals surface area contributed by atoms with Crippen molar-refractivity contribution in [1.82, 2.24) is 4.90 Å². The number of likely N-dealkylation sites (tertiary alicyclic amines) is 1. The molecule has 2 unspecified atom stereocenters. The third kappa shape index (κ3) is 3.23. The van der Waals surface area contributed by atoms with E-state index in [9.17, 15) is 14.4 Å². The highest BCUT2D eigenvalue weighted by Crippen LogP contribution is 2.35. The van der Waals surface area contributed by atoms with E-state index in [0.29, 0.717) is 12.8 Å². The number of carbonyl (C=O) groups excluding carboxylic acids is 3. The molecule has 1 aliphatic heterocycles. The van der Waals surface area contributed by atoms with Crippen LogP contribution in [0.3, 0.4) is 0 Å². The van der Waals surface area contributed by atoms with Gasteiger partial charge in [0.2, 0.25) is 17.7 Å². The monoisotopic (exact) mass is 340 g/mol. The molecule has 0 radical (unpaired) electrons. The number of allylic oxidation sites excluding steroid dienone is 2. The standard InChI is InChI=1S/C20H24N2O3/c1-3-13-8-7-9-14(4-2)18(13)21-17(23)12-22-19(24)15-10-5-6-11-16(15)20(22)25/h5-9,15-16H,3-4,10-12H2,1-2H3,(H,21,23). The van der Waals surface area contributed by atoms with E-state index in [2.05, 4.69) is 5.32 Å². The van der Waals surface area contributed by atoms with Crippen molar-refractivity contribution in [3.05, 3.63) is 41.5 Å². The number of carbonyl (C=O) groups is 3. The maximum Gasteiger partial charge on any atom is 0.244 e. The topological polar surface area (TPSA) is 66.5 Å². The molecule has 3 rings (SSSR count). The third-order valence-corrected chi connectivity index (χ3v) is 5.16. The number of hydrogen-bond donors (Lipinski definition) is 1. The number of amides is 3. The summed E-state index contributed by atoms with van der Waals surface area (Å²) >= 11 is 0. The van der Waals surface area contributed by atoms with E-state index in [4.69, 9.17) is 0 Å². The zero-order valence-electron chi connectivity index (χ0n) is 14.7. The number of imide groups is 1. The number of para-hydroxylation sites is 1. The smallest absolute Gasteiger partial charge is 0.244 e. The summed E-state index contributed by atoms with van der Waals surface area (Å²) in [5.74, 6) is -1.33. The Morgan fingerprint density at radius 2 is 1.56 bits per heavy atom. The zero-order chi connectivity index (χ0) is 18.0. The van der Waals surface area contributed by atoms with Gasteiger partial charge in [-0.3, -0.25) is 19.3 Å². The van der Waals surface area contributed by atoms with E-state index in [0.717, 1.165) is 34.6 Å². The number of anilines is 1. The van der Waals surface area contributed by atoms with Crippen molar-refractivity contribution in [2.24, 2.45) is 11.8 Å². The fourth-order valence-electron chi connectivity index (χ4n) is 3.75. The number of nitrogens with zero attached hydrogens (tertiary/aromatic N) is 1. The normalized spacial score (nSPS) is 22.2. The summed E-state index contributed by atoms with van der Waals surface area (Å²) < 4.78 is 0. The van der Waals surface area contributed by atoms with Gasteiger partial charge in [0.1, 0.15) is 6.54 Å². The predicted molar refractivity (Wildman–Crippen MR) is 95.9 cm³/mol. The first-order chi connectivity index (χ1) is 12.1. The van der Waals surface area contributed by atoms with Gasteiger partial charge in [0.15, 0.2) is 0 Å². The van der Waals surface area contributed by atoms with Gasteiger partial charge in [-0.1, -0.05) is 44.2 Å². The average molecular weight is 340 g/mol. The molecule has 5 nitrogen and oxygen atoms in total. The van der Waals surface area contributed by atoms with Crippen molar-refractivity contribution in [3.63, 3.8) is 0 Å². The number of nitrogens with one attached hydrogen (secondary N) is 1. The number of benzene rings is 1. The fraction of sp³-hybridized carbons (Fsp3) is 0.450. The molecule has 0 bridgehead atoms. The van der Waals surface area contributed by atoms with Crippen LogP contribution in [0.5, 0.6) is 0 Å². The maximum absolute atomic E-state index is 12.5. The van der Waals surface area contributed by atoms with Crippen molar-refractivity contribution in [2.45, 2.75) is 39.5 Å². The Labute approximate surface area is 148 Å². The lowest BCUT2D eigenvalue weighted by molar-refractivity contribution is -0.142. The zero-order valence-corrected chi connectivity index (χ0v) is 14.7. The molecule has 132 valence electrons. The van der Waals surface area contributed by atoms with Gasteiger partial charge in [0.25, 0.3) is 0 Å². The molecule has 1 N–H and O–H groups in total. The van der Waals surface area contributed by atoms with Crippen molar-refractivity contribution in [1.29, 1.82) is 0 Å². The van der Waals surface area contributed by atoms with Crippen LogP contribution in [0.25, 0.3) is 0 Å². The van der Waals surface area contributed by atoms with Crippen LogP contribution >= 0.6 is 0 Å². The molecule has 1 aromatic rings. The van der Waals surface area contributed by atoms with Gasteiger partial charge in [-0.25, -0.2) is 0 Å². The van der Waals surface area contributed by atoms with E-state index in [1.54, 1.807) is 0 Å². The van der Waals surface area contributed by atoms with Crippen molar-refractivity contribution < 1.29 is 14.4 Å². The summed E-state index contributed by atoms with van der Waals surface area (Å²) in [5, 5.41) is 2.93. The molecule has 1 aromatic carbocycles. The summed E-state index contributed by atoms with van der Waals surface area (Å²) in [7, 11) is 0. The molecule has 1 heterocycles. The first-order valence-corrected chi connectivity index (χ1v) is 8.97. The van der Waals surface area contributed by atoms with Crippen molar-refractivity contribution in [2.75, 3.05) is 11.9 Å². The van der Waals surface area contributed by atoms with E-state index in [1.165, 1.54) is 0 Å². The van der Waals surface area contributed by atoms with Crippen LogP contribution in [0.2, 0.25) is 0 Å². The summed E-state index contributed by atoms with van der Waals surface area (Å²) in [6, 6.07) is 5.96. The summed E-state index contributed by atoms with van der Waals surface area (Å²) in [6.45, 7) is 3.87. The molecule has 2 aliphatic rings. The maximum atomic E-state index is 12.5. The first kappa shape index (κ1) is 17.4. The van der Waals surface area contributed by atoms with E-state index in [-0.39, 0.29) is 36.1 Å². The minimum atomic E-state index is -0.316. The van der Waals surface area contributed by atoms with Crippen LogP contribution in [-0.4, -0.2) is 29.2 Å². The highest BCUT2D eigenvalue weighted by atomic mass is 16.2. The minimum Gasteiger partial charge on any atom is -0.324 e. The van der Waals surface area contributed by atoms with Crippen LogP contribution in [0.15, 0.2) is 30.4 Å². The molecule has 0 saturated carbocycles. The number of rotatable bonds is 5. The lowest BCUT2D eigenvalue weighted by atomic mass is 9.85. The molecule has 25 heavy (non-hydrogen) atoms. The summed E-state index contributed by atoms with van der Waals surface area (Å²) in [5.41, 5.74) is 2.94. The van der Waals surface area contributed by atoms with Crippen LogP contribution < -0.4 is 5.32 Å². The molecule has 0 spiro atoms. The van der Waals surface area contributed by atoms with Gasteiger partial charge in [-0.15, -0.1) is 0 Å². The Hall–Kier alpha value is -2.43. The number of fused-ring (bicyclic) bond motifs is 1. The second-order valence-corrected chi connectivity index (χ2v) is 6.62. The van der Waals surface area contributed by atoms with Gasteiger partial charge in [0, 0.05) is 5.69 Å². The van der Waals surface area contributed by atoms with Crippen LogP contribution in [0, 0.1) is 11.8 Å². The van der Waals surface area contributed by atoms with Crippen LogP contribution in [0.4, 0.5) is 5.69 Å². The number of hydrogen-bond acceptors (Lipinski definition) is 3. The lowest BCUT2D eigenvalue weighted by Gasteiger charge is -2.17. The Morgan fingerprint density at radius 3 is 2.04 bits per heavy atom. The Balaban J connectivity index is 1.74. The molecular weight excluding hydrogens is 316 g/mol. The van der Waals surface area contributed by atoms with Gasteiger partial charge in [-0.2, -0.15) is 0 Å². The van der Waals surface area contributed by atoms with Crippen LogP contribution in [0.1, 0.15) is 37.8 Å². The second kappa shape index (κ2) is 7.21. The van der Waals surface area contributed by atoms with E-state index < -0.39 is 0 Å².